The minimum atomic E-state index is -0.441. The van der Waals surface area contributed by atoms with Crippen LogP contribution in [0.2, 0.25) is 5.02 Å². The van der Waals surface area contributed by atoms with Crippen molar-refractivity contribution in [2.75, 3.05) is 44.9 Å². The number of carbonyl (C=O) groups is 2. The van der Waals surface area contributed by atoms with Gasteiger partial charge in [0, 0.05) is 43.2 Å². The molecule has 1 fully saturated rings. The SMILES string of the molecule is COC(=O)CSCC1Cn2cc(C(=O)NCc3ccc(Cl)cc3)c(=O)c3cc(CN4CCOCC4)cc(c32)O1. The van der Waals surface area contributed by atoms with Crippen molar-refractivity contribution in [1.82, 2.24) is 14.8 Å². The highest BCUT2D eigenvalue weighted by Gasteiger charge is 2.26. The zero-order chi connectivity index (χ0) is 27.4. The van der Waals surface area contributed by atoms with E-state index in [2.05, 4.69) is 10.2 Å². The summed E-state index contributed by atoms with van der Waals surface area (Å²) in [5.74, 6) is 0.640. The average Bonchev–Trinajstić information content (AvgIpc) is 2.94. The van der Waals surface area contributed by atoms with Crippen LogP contribution >= 0.6 is 23.4 Å². The van der Waals surface area contributed by atoms with Crippen molar-refractivity contribution in [3.63, 3.8) is 0 Å². The predicted molar refractivity (Wildman–Crippen MR) is 151 cm³/mol. The third-order valence-corrected chi connectivity index (χ3v) is 8.06. The molecule has 11 heteroatoms. The van der Waals surface area contributed by atoms with Crippen molar-refractivity contribution >= 4 is 46.1 Å². The van der Waals surface area contributed by atoms with Gasteiger partial charge in [-0.2, -0.15) is 0 Å². The number of benzene rings is 2. The van der Waals surface area contributed by atoms with E-state index in [9.17, 15) is 14.4 Å². The third kappa shape index (κ3) is 6.58. The van der Waals surface area contributed by atoms with Gasteiger partial charge in [0.2, 0.25) is 5.43 Å². The number of nitrogens with zero attached hydrogens (tertiary/aromatic N) is 2. The number of pyridine rings is 1. The molecule has 2 aliphatic heterocycles. The van der Waals surface area contributed by atoms with Gasteiger partial charge in [-0.05, 0) is 35.4 Å². The zero-order valence-electron chi connectivity index (χ0n) is 21.6. The van der Waals surface area contributed by atoms with Crippen LogP contribution in [-0.4, -0.2) is 72.4 Å². The smallest absolute Gasteiger partial charge is 0.315 e. The Labute approximate surface area is 235 Å². The summed E-state index contributed by atoms with van der Waals surface area (Å²) >= 11 is 7.39. The molecule has 1 N–H and O–H groups in total. The lowest BCUT2D eigenvalue weighted by Gasteiger charge is -2.30. The first-order valence-electron chi connectivity index (χ1n) is 12.8. The molecule has 9 nitrogen and oxygen atoms in total. The van der Waals surface area contributed by atoms with Crippen molar-refractivity contribution in [3.8, 4) is 5.75 Å². The normalized spacial score (nSPS) is 17.0. The molecular formula is C28H30ClN3O6S. The van der Waals surface area contributed by atoms with Gasteiger partial charge < -0.3 is 24.1 Å². The lowest BCUT2D eigenvalue weighted by molar-refractivity contribution is -0.137. The number of hydrogen-bond acceptors (Lipinski definition) is 8. The number of rotatable bonds is 9. The van der Waals surface area contributed by atoms with Gasteiger partial charge in [0.05, 0.1) is 43.5 Å². The second kappa shape index (κ2) is 12.4. The monoisotopic (exact) mass is 571 g/mol. The summed E-state index contributed by atoms with van der Waals surface area (Å²) in [6, 6.07) is 11.0. The molecule has 1 atom stereocenters. The fourth-order valence-electron chi connectivity index (χ4n) is 4.80. The van der Waals surface area contributed by atoms with E-state index in [4.69, 9.17) is 25.8 Å². The number of ether oxygens (including phenoxy) is 3. The van der Waals surface area contributed by atoms with E-state index in [-0.39, 0.29) is 35.4 Å². The number of amides is 1. The number of morpholine rings is 1. The Bertz CT molecular complexity index is 1420. The predicted octanol–water partition coefficient (Wildman–Crippen LogP) is 3.08. The van der Waals surface area contributed by atoms with Gasteiger partial charge in [-0.1, -0.05) is 23.7 Å². The fraction of sp³-hybridized carbons (Fsp3) is 0.393. The van der Waals surface area contributed by atoms with Crippen molar-refractivity contribution in [3.05, 3.63) is 74.5 Å². The van der Waals surface area contributed by atoms with E-state index in [1.165, 1.54) is 18.9 Å². The van der Waals surface area contributed by atoms with Crippen LogP contribution in [0.15, 0.2) is 47.4 Å². The summed E-state index contributed by atoms with van der Waals surface area (Å²) in [4.78, 5) is 40.7. The number of halogens is 1. The van der Waals surface area contributed by atoms with Gasteiger partial charge in [-0.3, -0.25) is 19.3 Å². The van der Waals surface area contributed by atoms with Gasteiger partial charge >= 0.3 is 5.97 Å². The highest BCUT2D eigenvalue weighted by atomic mass is 35.5. The summed E-state index contributed by atoms with van der Waals surface area (Å²) in [5, 5.41) is 3.93. The second-order valence-corrected chi connectivity index (χ2v) is 11.0. The molecule has 0 radical (unpaired) electrons. The topological polar surface area (TPSA) is 99.1 Å². The quantitative estimate of drug-likeness (QED) is 0.391. The average molecular weight is 572 g/mol. The summed E-state index contributed by atoms with van der Waals surface area (Å²) < 4.78 is 18.5. The summed E-state index contributed by atoms with van der Waals surface area (Å²) in [7, 11) is 1.36. The maximum absolute atomic E-state index is 13.6. The minimum absolute atomic E-state index is 0.0776. The molecule has 5 rings (SSSR count). The van der Waals surface area contributed by atoms with E-state index in [1.807, 2.05) is 28.8 Å². The zero-order valence-corrected chi connectivity index (χ0v) is 23.2. The molecular weight excluding hydrogens is 542 g/mol. The number of carbonyl (C=O) groups excluding carboxylic acids is 2. The molecule has 2 aromatic carbocycles. The van der Waals surface area contributed by atoms with Crippen LogP contribution in [0.25, 0.3) is 10.9 Å². The number of esters is 1. The molecule has 39 heavy (non-hydrogen) atoms. The standard InChI is InChI=1S/C28H30ClN3O6S/c1-36-25(33)17-39-16-21-14-32-15-23(28(35)30-12-18-2-4-20(29)5-3-18)27(34)22-10-19(11-24(38-21)26(22)32)13-31-6-8-37-9-7-31/h2-5,10-11,15,21H,6-9,12-14,16-17H2,1H3,(H,30,35). The van der Waals surface area contributed by atoms with E-state index in [0.717, 1.165) is 24.2 Å². The second-order valence-electron chi connectivity index (χ2n) is 9.54. The maximum atomic E-state index is 13.6. The number of hydrogen-bond donors (Lipinski definition) is 1. The van der Waals surface area contributed by atoms with Gasteiger partial charge in [0.1, 0.15) is 17.4 Å². The minimum Gasteiger partial charge on any atom is -0.485 e. The molecule has 2 aliphatic rings. The van der Waals surface area contributed by atoms with Crippen molar-refractivity contribution < 1.29 is 23.8 Å². The van der Waals surface area contributed by atoms with Gasteiger partial charge in [0.25, 0.3) is 5.91 Å². The van der Waals surface area contributed by atoms with Crippen LogP contribution in [0.3, 0.4) is 0 Å². The highest BCUT2D eigenvalue weighted by molar-refractivity contribution is 7.99. The molecule has 1 amide bonds. The summed E-state index contributed by atoms with van der Waals surface area (Å²) in [6.07, 6.45) is 1.37. The number of aromatic nitrogens is 1. The molecule has 0 aliphatic carbocycles. The van der Waals surface area contributed by atoms with E-state index < -0.39 is 5.91 Å². The molecule has 206 valence electrons. The van der Waals surface area contributed by atoms with E-state index in [0.29, 0.717) is 53.7 Å². The Morgan fingerprint density at radius 1 is 1.15 bits per heavy atom. The Morgan fingerprint density at radius 2 is 1.92 bits per heavy atom. The van der Waals surface area contributed by atoms with Gasteiger partial charge in [-0.15, -0.1) is 11.8 Å². The molecule has 3 aromatic rings. The van der Waals surface area contributed by atoms with Gasteiger partial charge in [0.15, 0.2) is 0 Å². The first kappa shape index (κ1) is 27.5. The number of thioether (sulfide) groups is 1. The van der Waals surface area contributed by atoms with E-state index >= 15 is 0 Å². The highest BCUT2D eigenvalue weighted by Crippen LogP contribution is 2.32. The van der Waals surface area contributed by atoms with Crippen LogP contribution in [0.1, 0.15) is 21.5 Å². The Balaban J connectivity index is 1.45. The molecule has 0 bridgehead atoms. The van der Waals surface area contributed by atoms with Crippen LogP contribution in [0.5, 0.6) is 5.75 Å². The molecule has 0 saturated carbocycles. The fourth-order valence-corrected chi connectivity index (χ4v) is 5.76. The first-order chi connectivity index (χ1) is 18.9. The summed E-state index contributed by atoms with van der Waals surface area (Å²) in [5.41, 5.74) is 2.23. The lowest BCUT2D eigenvalue weighted by Crippen LogP contribution is -2.36. The lowest BCUT2D eigenvalue weighted by atomic mass is 10.0. The first-order valence-corrected chi connectivity index (χ1v) is 14.3. The third-order valence-electron chi connectivity index (χ3n) is 6.76. The number of nitrogens with one attached hydrogen (secondary N) is 1. The van der Waals surface area contributed by atoms with Crippen LogP contribution < -0.4 is 15.5 Å². The largest absolute Gasteiger partial charge is 0.485 e. The van der Waals surface area contributed by atoms with Crippen molar-refractivity contribution in [2.45, 2.75) is 25.7 Å². The molecule has 0 spiro atoms. The van der Waals surface area contributed by atoms with Crippen LogP contribution in [-0.2, 0) is 33.9 Å². The van der Waals surface area contributed by atoms with Crippen LogP contribution in [0.4, 0.5) is 0 Å². The number of methoxy groups -OCH3 is 1. The molecule has 1 saturated heterocycles. The molecule has 1 unspecified atom stereocenters. The Kier molecular flexibility index (Phi) is 8.76. The van der Waals surface area contributed by atoms with Crippen LogP contribution in [0, 0.1) is 0 Å². The van der Waals surface area contributed by atoms with Crippen molar-refractivity contribution in [2.24, 2.45) is 0 Å². The molecule has 1 aromatic heterocycles. The molecule has 3 heterocycles. The Morgan fingerprint density at radius 3 is 2.67 bits per heavy atom. The Hall–Kier alpha value is -3.05. The van der Waals surface area contributed by atoms with E-state index in [1.54, 1.807) is 18.3 Å². The van der Waals surface area contributed by atoms with Gasteiger partial charge in [-0.25, -0.2) is 0 Å². The van der Waals surface area contributed by atoms with Crippen molar-refractivity contribution in [1.29, 1.82) is 0 Å². The summed E-state index contributed by atoms with van der Waals surface area (Å²) in [6.45, 7) is 4.30. The maximum Gasteiger partial charge on any atom is 0.315 e.